The molecule has 21 heavy (non-hydrogen) atoms. The molecule has 0 N–H and O–H groups in total. The first-order chi connectivity index (χ1) is 10.1. The highest BCUT2D eigenvalue weighted by molar-refractivity contribution is 9.10. The van der Waals surface area contributed by atoms with Crippen molar-refractivity contribution in [3.05, 3.63) is 64.1 Å². The Bertz CT molecular complexity index is 628. The summed E-state index contributed by atoms with van der Waals surface area (Å²) in [6.07, 6.45) is 0. The van der Waals surface area contributed by atoms with Crippen LogP contribution in [0.3, 0.4) is 0 Å². The molecule has 2 aromatic rings. The van der Waals surface area contributed by atoms with Crippen LogP contribution in [0.25, 0.3) is 0 Å². The van der Waals surface area contributed by atoms with Crippen LogP contribution >= 0.6 is 15.9 Å². The molecule has 0 bridgehead atoms. The molecule has 0 aliphatic carbocycles. The number of hydrogen-bond acceptors (Lipinski definition) is 2. The quantitative estimate of drug-likeness (QED) is 0.820. The highest BCUT2D eigenvalue weighted by atomic mass is 79.9. The van der Waals surface area contributed by atoms with Crippen LogP contribution in [-0.4, -0.2) is 31.0 Å². The molecule has 110 valence electrons. The molecular weight excluding hydrogens is 330 g/mol. The molecule has 0 aliphatic heterocycles. The Hall–Kier alpha value is -1.81. The van der Waals surface area contributed by atoms with Crippen LogP contribution in [0.2, 0.25) is 0 Å². The van der Waals surface area contributed by atoms with Crippen LogP contribution in [0.15, 0.2) is 53.0 Å². The summed E-state index contributed by atoms with van der Waals surface area (Å²) < 4.78 is 6.48. The predicted octanol–water partition coefficient (Wildman–Crippen LogP) is 3.91. The summed E-state index contributed by atoms with van der Waals surface area (Å²) in [4.78, 5) is 14.0. The van der Waals surface area contributed by atoms with Gasteiger partial charge in [0.25, 0.3) is 5.91 Å². The number of ether oxygens (including phenoxy) is 1. The number of rotatable bonds is 5. The second-order valence-electron chi connectivity index (χ2n) is 4.87. The summed E-state index contributed by atoms with van der Waals surface area (Å²) in [5.41, 5.74) is 1.82. The second kappa shape index (κ2) is 7.27. The smallest absolute Gasteiger partial charge is 0.254 e. The van der Waals surface area contributed by atoms with E-state index in [1.54, 1.807) is 11.9 Å². The fourth-order valence-corrected chi connectivity index (χ4v) is 2.40. The minimum Gasteiger partial charge on any atom is -0.492 e. The van der Waals surface area contributed by atoms with Crippen molar-refractivity contribution in [3.63, 3.8) is 0 Å². The molecule has 0 saturated heterocycles. The largest absolute Gasteiger partial charge is 0.492 e. The van der Waals surface area contributed by atoms with Gasteiger partial charge < -0.3 is 9.64 Å². The number of carbonyl (C=O) groups excluding carboxylic acids is 1. The summed E-state index contributed by atoms with van der Waals surface area (Å²) in [5, 5.41) is 0. The monoisotopic (exact) mass is 347 g/mol. The molecule has 1 amide bonds. The van der Waals surface area contributed by atoms with E-state index in [1.807, 2.05) is 55.5 Å². The van der Waals surface area contributed by atoms with E-state index in [2.05, 4.69) is 15.9 Å². The third-order valence-corrected chi connectivity index (χ3v) is 3.83. The summed E-state index contributed by atoms with van der Waals surface area (Å²) >= 11 is 3.40. The molecule has 0 atom stereocenters. The van der Waals surface area contributed by atoms with Gasteiger partial charge in [0, 0.05) is 11.5 Å². The van der Waals surface area contributed by atoms with Crippen molar-refractivity contribution in [2.45, 2.75) is 6.92 Å². The van der Waals surface area contributed by atoms with Gasteiger partial charge in [0.05, 0.1) is 12.1 Å². The third kappa shape index (κ3) is 4.33. The second-order valence-corrected chi connectivity index (χ2v) is 5.73. The number of carbonyl (C=O) groups is 1. The normalized spacial score (nSPS) is 10.2. The van der Waals surface area contributed by atoms with Crippen LogP contribution in [0.5, 0.6) is 5.75 Å². The van der Waals surface area contributed by atoms with Gasteiger partial charge in [-0.3, -0.25) is 4.79 Å². The molecular formula is C17H18BrNO2. The van der Waals surface area contributed by atoms with E-state index in [0.717, 1.165) is 15.8 Å². The van der Waals surface area contributed by atoms with Crippen molar-refractivity contribution in [1.82, 2.24) is 4.90 Å². The Morgan fingerprint density at radius 2 is 1.95 bits per heavy atom. The standard InChI is InChI=1S/C17H18BrNO2/c1-13-6-5-7-14(12-13)21-11-10-19(2)17(20)15-8-3-4-9-16(15)18/h3-9,12H,10-11H2,1-2H3. The molecule has 0 spiro atoms. The Kier molecular flexibility index (Phi) is 5.39. The van der Waals surface area contributed by atoms with Gasteiger partial charge in [-0.05, 0) is 52.7 Å². The molecule has 2 aromatic carbocycles. The Morgan fingerprint density at radius 3 is 2.67 bits per heavy atom. The number of hydrogen-bond donors (Lipinski definition) is 0. The molecule has 0 unspecified atom stereocenters. The lowest BCUT2D eigenvalue weighted by Crippen LogP contribution is -2.31. The highest BCUT2D eigenvalue weighted by Gasteiger charge is 2.14. The molecule has 4 heteroatoms. The lowest BCUT2D eigenvalue weighted by atomic mass is 10.2. The molecule has 0 radical (unpaired) electrons. The van der Waals surface area contributed by atoms with Gasteiger partial charge in [-0.25, -0.2) is 0 Å². The maximum Gasteiger partial charge on any atom is 0.254 e. The summed E-state index contributed by atoms with van der Waals surface area (Å²) in [5.74, 6) is 0.812. The lowest BCUT2D eigenvalue weighted by Gasteiger charge is -2.18. The predicted molar refractivity (Wildman–Crippen MR) is 87.8 cm³/mol. The molecule has 0 aliphatic rings. The molecule has 0 fully saturated rings. The minimum absolute atomic E-state index is 0.0182. The van der Waals surface area contributed by atoms with Crippen LogP contribution < -0.4 is 4.74 Å². The first kappa shape index (κ1) is 15.6. The summed E-state index contributed by atoms with van der Waals surface area (Å²) in [6, 6.07) is 15.3. The SMILES string of the molecule is Cc1cccc(OCCN(C)C(=O)c2ccccc2Br)c1. The average Bonchev–Trinajstić information content (AvgIpc) is 2.47. The van der Waals surface area contributed by atoms with Crippen molar-refractivity contribution in [2.24, 2.45) is 0 Å². The van der Waals surface area contributed by atoms with Crippen LogP contribution in [-0.2, 0) is 0 Å². The fourth-order valence-electron chi connectivity index (χ4n) is 1.95. The van der Waals surface area contributed by atoms with E-state index in [4.69, 9.17) is 4.74 Å². The van der Waals surface area contributed by atoms with Crippen LogP contribution in [0.1, 0.15) is 15.9 Å². The number of nitrogens with zero attached hydrogens (tertiary/aromatic N) is 1. The number of amides is 1. The van der Waals surface area contributed by atoms with E-state index in [-0.39, 0.29) is 5.91 Å². The van der Waals surface area contributed by atoms with E-state index in [9.17, 15) is 4.79 Å². The molecule has 0 aromatic heterocycles. The molecule has 0 heterocycles. The first-order valence-electron chi connectivity index (χ1n) is 6.77. The maximum absolute atomic E-state index is 12.3. The molecule has 0 saturated carbocycles. The summed E-state index contributed by atoms with van der Waals surface area (Å²) in [7, 11) is 1.78. The van der Waals surface area contributed by atoms with E-state index in [1.165, 1.54) is 0 Å². The van der Waals surface area contributed by atoms with E-state index in [0.29, 0.717) is 18.7 Å². The van der Waals surface area contributed by atoms with Gasteiger partial charge in [-0.15, -0.1) is 0 Å². The van der Waals surface area contributed by atoms with Crippen molar-refractivity contribution < 1.29 is 9.53 Å². The third-order valence-electron chi connectivity index (χ3n) is 3.14. The van der Waals surface area contributed by atoms with Gasteiger partial charge in [-0.2, -0.15) is 0 Å². The first-order valence-corrected chi connectivity index (χ1v) is 7.56. The maximum atomic E-state index is 12.3. The van der Waals surface area contributed by atoms with Gasteiger partial charge in [0.2, 0.25) is 0 Å². The van der Waals surface area contributed by atoms with Gasteiger partial charge in [-0.1, -0.05) is 24.3 Å². The molecule has 2 rings (SSSR count). The van der Waals surface area contributed by atoms with Gasteiger partial charge in [0.1, 0.15) is 12.4 Å². The number of halogens is 1. The van der Waals surface area contributed by atoms with Crippen LogP contribution in [0.4, 0.5) is 0 Å². The van der Waals surface area contributed by atoms with E-state index >= 15 is 0 Å². The number of aryl methyl sites for hydroxylation is 1. The molecule has 3 nitrogen and oxygen atoms in total. The van der Waals surface area contributed by atoms with E-state index < -0.39 is 0 Å². The van der Waals surface area contributed by atoms with Crippen LogP contribution in [0, 0.1) is 6.92 Å². The average molecular weight is 348 g/mol. The van der Waals surface area contributed by atoms with Gasteiger partial charge >= 0.3 is 0 Å². The van der Waals surface area contributed by atoms with Crippen molar-refractivity contribution >= 4 is 21.8 Å². The minimum atomic E-state index is -0.0182. The Labute approximate surface area is 133 Å². The van der Waals surface area contributed by atoms with Crippen molar-refractivity contribution in [2.75, 3.05) is 20.2 Å². The zero-order valence-electron chi connectivity index (χ0n) is 12.2. The zero-order chi connectivity index (χ0) is 15.2. The Balaban J connectivity index is 1.89. The van der Waals surface area contributed by atoms with Gasteiger partial charge in [0.15, 0.2) is 0 Å². The number of benzene rings is 2. The number of likely N-dealkylation sites (N-methyl/N-ethyl adjacent to an activating group) is 1. The summed E-state index contributed by atoms with van der Waals surface area (Å²) in [6.45, 7) is 3.03. The fraction of sp³-hybridized carbons (Fsp3) is 0.235. The highest BCUT2D eigenvalue weighted by Crippen LogP contribution is 2.17. The topological polar surface area (TPSA) is 29.5 Å². The zero-order valence-corrected chi connectivity index (χ0v) is 13.8. The van der Waals surface area contributed by atoms with Crippen molar-refractivity contribution in [3.8, 4) is 5.75 Å². The van der Waals surface area contributed by atoms with Crippen molar-refractivity contribution in [1.29, 1.82) is 0 Å². The lowest BCUT2D eigenvalue weighted by molar-refractivity contribution is 0.0773. The Morgan fingerprint density at radius 1 is 1.19 bits per heavy atom.